The lowest BCUT2D eigenvalue weighted by molar-refractivity contribution is -0.128. The molecule has 158 valence electrons. The molecule has 0 heterocycles. The van der Waals surface area contributed by atoms with Crippen LogP contribution in [0.15, 0.2) is 66.7 Å². The van der Waals surface area contributed by atoms with Crippen LogP contribution in [0.4, 0.5) is 0 Å². The third kappa shape index (κ3) is 6.24. The Bertz CT molecular complexity index is 967. The van der Waals surface area contributed by atoms with E-state index < -0.39 is 6.10 Å². The standard InChI is InChI=1S/C26H31NO3/c1-4-25(30-24-15-14-21-11-5-6-12-22(21)18-24)26(28)27-16-8-10-20-9-7-13-23(17-20)29-19(2)3/h5-7,9,11-15,17-19,25H,4,8,10,16H2,1-3H3,(H,27,28)/t25-/m0/s1. The molecule has 4 heteroatoms. The number of aryl methyl sites for hydroxylation is 1. The number of nitrogens with one attached hydrogen (secondary N) is 1. The van der Waals surface area contributed by atoms with Gasteiger partial charge >= 0.3 is 0 Å². The van der Waals surface area contributed by atoms with Crippen molar-refractivity contribution in [3.8, 4) is 11.5 Å². The van der Waals surface area contributed by atoms with Crippen molar-refractivity contribution in [2.75, 3.05) is 6.54 Å². The molecule has 0 saturated heterocycles. The number of amides is 1. The normalized spacial score (nSPS) is 12.0. The smallest absolute Gasteiger partial charge is 0.261 e. The molecule has 0 bridgehead atoms. The summed E-state index contributed by atoms with van der Waals surface area (Å²) in [6.45, 7) is 6.62. The van der Waals surface area contributed by atoms with Crippen molar-refractivity contribution >= 4 is 16.7 Å². The molecule has 1 amide bonds. The lowest BCUT2D eigenvalue weighted by Gasteiger charge is -2.17. The van der Waals surface area contributed by atoms with Crippen LogP contribution in [-0.2, 0) is 11.2 Å². The van der Waals surface area contributed by atoms with Gasteiger partial charge in [-0.05, 0) is 73.7 Å². The lowest BCUT2D eigenvalue weighted by atomic mass is 10.1. The van der Waals surface area contributed by atoms with Gasteiger partial charge in [0.1, 0.15) is 11.5 Å². The summed E-state index contributed by atoms with van der Waals surface area (Å²) >= 11 is 0. The van der Waals surface area contributed by atoms with Gasteiger partial charge in [-0.1, -0.05) is 49.4 Å². The van der Waals surface area contributed by atoms with Crippen LogP contribution in [0.25, 0.3) is 10.8 Å². The zero-order valence-corrected chi connectivity index (χ0v) is 18.1. The van der Waals surface area contributed by atoms with Gasteiger partial charge < -0.3 is 14.8 Å². The molecule has 1 atom stereocenters. The van der Waals surface area contributed by atoms with E-state index in [1.165, 1.54) is 5.56 Å². The summed E-state index contributed by atoms with van der Waals surface area (Å²) in [6.07, 6.45) is 2.04. The molecule has 0 aliphatic rings. The van der Waals surface area contributed by atoms with E-state index in [-0.39, 0.29) is 12.0 Å². The number of fused-ring (bicyclic) bond motifs is 1. The van der Waals surface area contributed by atoms with Crippen LogP contribution in [0.5, 0.6) is 11.5 Å². The number of hydrogen-bond acceptors (Lipinski definition) is 3. The van der Waals surface area contributed by atoms with E-state index in [0.717, 1.165) is 35.1 Å². The zero-order chi connectivity index (χ0) is 21.3. The zero-order valence-electron chi connectivity index (χ0n) is 18.1. The number of hydrogen-bond donors (Lipinski definition) is 1. The number of rotatable bonds is 10. The Morgan fingerprint density at radius 1 is 0.900 bits per heavy atom. The van der Waals surface area contributed by atoms with Crippen LogP contribution in [0.3, 0.4) is 0 Å². The monoisotopic (exact) mass is 405 g/mol. The molecular formula is C26H31NO3. The first kappa shape index (κ1) is 21.7. The minimum absolute atomic E-state index is 0.0671. The fraction of sp³-hybridized carbons (Fsp3) is 0.346. The first-order valence-electron chi connectivity index (χ1n) is 10.7. The Hall–Kier alpha value is -3.01. The summed E-state index contributed by atoms with van der Waals surface area (Å²) in [6, 6.07) is 22.2. The van der Waals surface area contributed by atoms with Gasteiger partial charge in [0.25, 0.3) is 5.91 Å². The van der Waals surface area contributed by atoms with E-state index in [1.807, 2.05) is 69.3 Å². The number of ether oxygens (including phenoxy) is 2. The van der Waals surface area contributed by atoms with E-state index in [4.69, 9.17) is 9.47 Å². The average Bonchev–Trinajstić information content (AvgIpc) is 2.74. The molecule has 4 nitrogen and oxygen atoms in total. The molecule has 0 aliphatic heterocycles. The van der Waals surface area contributed by atoms with Gasteiger partial charge in [0.15, 0.2) is 6.10 Å². The maximum Gasteiger partial charge on any atom is 0.261 e. The van der Waals surface area contributed by atoms with Gasteiger partial charge in [-0.2, -0.15) is 0 Å². The van der Waals surface area contributed by atoms with Crippen molar-refractivity contribution in [3.05, 3.63) is 72.3 Å². The summed E-state index contributed by atoms with van der Waals surface area (Å²) < 4.78 is 11.7. The number of carbonyl (C=O) groups excluding carboxylic acids is 1. The first-order valence-corrected chi connectivity index (χ1v) is 10.7. The Morgan fingerprint density at radius 2 is 1.67 bits per heavy atom. The molecular weight excluding hydrogens is 374 g/mol. The van der Waals surface area contributed by atoms with E-state index in [1.54, 1.807) is 0 Å². The number of benzene rings is 3. The SMILES string of the molecule is CC[C@H](Oc1ccc2ccccc2c1)C(=O)NCCCc1cccc(OC(C)C)c1. The van der Waals surface area contributed by atoms with Crippen molar-refractivity contribution in [2.24, 2.45) is 0 Å². The van der Waals surface area contributed by atoms with Crippen molar-refractivity contribution < 1.29 is 14.3 Å². The Labute approximate surface area is 179 Å². The molecule has 30 heavy (non-hydrogen) atoms. The Balaban J connectivity index is 1.48. The second-order valence-corrected chi connectivity index (χ2v) is 7.73. The average molecular weight is 406 g/mol. The van der Waals surface area contributed by atoms with Gasteiger partial charge in [0.05, 0.1) is 6.10 Å². The quantitative estimate of drug-likeness (QED) is 0.451. The summed E-state index contributed by atoms with van der Waals surface area (Å²) in [5.74, 6) is 1.54. The van der Waals surface area contributed by atoms with Crippen molar-refractivity contribution in [3.63, 3.8) is 0 Å². The largest absolute Gasteiger partial charge is 0.491 e. The molecule has 3 aromatic rings. The van der Waals surface area contributed by atoms with Gasteiger partial charge in [-0.15, -0.1) is 0 Å². The molecule has 0 radical (unpaired) electrons. The predicted molar refractivity (Wildman–Crippen MR) is 122 cm³/mol. The second kappa shape index (κ2) is 10.7. The summed E-state index contributed by atoms with van der Waals surface area (Å²) in [7, 11) is 0. The third-order valence-electron chi connectivity index (χ3n) is 4.87. The molecule has 0 fully saturated rings. The van der Waals surface area contributed by atoms with E-state index in [0.29, 0.717) is 13.0 Å². The predicted octanol–water partition coefficient (Wildman–Crippen LogP) is 5.53. The first-order chi connectivity index (χ1) is 14.5. The van der Waals surface area contributed by atoms with E-state index in [9.17, 15) is 4.79 Å². The maximum atomic E-state index is 12.6. The van der Waals surface area contributed by atoms with Gasteiger partial charge in [-0.25, -0.2) is 0 Å². The van der Waals surface area contributed by atoms with Gasteiger partial charge in [0.2, 0.25) is 0 Å². The summed E-state index contributed by atoms with van der Waals surface area (Å²) in [4.78, 5) is 12.6. The van der Waals surface area contributed by atoms with E-state index >= 15 is 0 Å². The Kier molecular flexibility index (Phi) is 7.72. The molecule has 0 saturated carbocycles. The van der Waals surface area contributed by atoms with Crippen molar-refractivity contribution in [1.29, 1.82) is 0 Å². The van der Waals surface area contributed by atoms with Crippen molar-refractivity contribution in [1.82, 2.24) is 5.32 Å². The van der Waals surface area contributed by atoms with E-state index in [2.05, 4.69) is 23.5 Å². The van der Waals surface area contributed by atoms with Crippen LogP contribution in [-0.4, -0.2) is 24.7 Å². The fourth-order valence-electron chi connectivity index (χ4n) is 3.39. The van der Waals surface area contributed by atoms with Gasteiger partial charge in [0, 0.05) is 6.54 Å². The lowest BCUT2D eigenvalue weighted by Crippen LogP contribution is -2.38. The minimum atomic E-state index is -0.492. The van der Waals surface area contributed by atoms with Crippen LogP contribution in [0.2, 0.25) is 0 Å². The molecule has 3 rings (SSSR count). The summed E-state index contributed by atoms with van der Waals surface area (Å²) in [5.41, 5.74) is 1.21. The Morgan fingerprint density at radius 3 is 2.43 bits per heavy atom. The molecule has 3 aromatic carbocycles. The van der Waals surface area contributed by atoms with Crippen LogP contribution < -0.4 is 14.8 Å². The highest BCUT2D eigenvalue weighted by Crippen LogP contribution is 2.22. The molecule has 0 spiro atoms. The molecule has 1 N–H and O–H groups in total. The third-order valence-corrected chi connectivity index (χ3v) is 4.87. The van der Waals surface area contributed by atoms with Crippen molar-refractivity contribution in [2.45, 2.75) is 52.2 Å². The highest BCUT2D eigenvalue weighted by atomic mass is 16.5. The molecule has 0 aliphatic carbocycles. The van der Waals surface area contributed by atoms with Crippen LogP contribution in [0, 0.1) is 0 Å². The van der Waals surface area contributed by atoms with Crippen LogP contribution >= 0.6 is 0 Å². The molecule has 0 unspecified atom stereocenters. The highest BCUT2D eigenvalue weighted by Gasteiger charge is 2.18. The minimum Gasteiger partial charge on any atom is -0.491 e. The highest BCUT2D eigenvalue weighted by molar-refractivity contribution is 5.84. The maximum absolute atomic E-state index is 12.6. The number of carbonyl (C=O) groups is 1. The van der Waals surface area contributed by atoms with Gasteiger partial charge in [-0.3, -0.25) is 4.79 Å². The fourth-order valence-corrected chi connectivity index (χ4v) is 3.39. The summed E-state index contributed by atoms with van der Waals surface area (Å²) in [5, 5.41) is 5.28. The topological polar surface area (TPSA) is 47.6 Å². The molecule has 0 aromatic heterocycles. The van der Waals surface area contributed by atoms with Crippen LogP contribution in [0.1, 0.15) is 39.2 Å². The second-order valence-electron chi connectivity index (χ2n) is 7.73.